The van der Waals surface area contributed by atoms with Crippen molar-refractivity contribution in [2.75, 3.05) is 6.54 Å². The maximum atomic E-state index is 13.4. The largest absolute Gasteiger partial charge is 0.322 e. The maximum Gasteiger partial charge on any atom is 0.268 e. The fourth-order valence-corrected chi connectivity index (χ4v) is 3.03. The van der Waals surface area contributed by atoms with Gasteiger partial charge in [-0.2, -0.15) is 5.26 Å². The third-order valence-corrected chi connectivity index (χ3v) is 4.35. The molecule has 0 saturated carbocycles. The molecule has 26 heavy (non-hydrogen) atoms. The van der Waals surface area contributed by atoms with E-state index in [4.69, 9.17) is 5.26 Å². The van der Waals surface area contributed by atoms with Crippen molar-refractivity contribution in [2.24, 2.45) is 0 Å². The van der Waals surface area contributed by atoms with Crippen LogP contribution in [0.3, 0.4) is 0 Å². The summed E-state index contributed by atoms with van der Waals surface area (Å²) in [7, 11) is 0. The minimum Gasteiger partial charge on any atom is -0.322 e. The van der Waals surface area contributed by atoms with E-state index in [0.29, 0.717) is 16.5 Å². The third-order valence-electron chi connectivity index (χ3n) is 4.35. The van der Waals surface area contributed by atoms with Crippen LogP contribution in [-0.2, 0) is 4.79 Å². The van der Waals surface area contributed by atoms with Crippen LogP contribution in [-0.4, -0.2) is 40.1 Å². The SMILES string of the molecule is N#C[C@@H]1CC(F)(F)CN1C(=O)CCC(=O)c1ccc2[nH]c(=O)ccc2c1. The molecule has 1 atom stereocenters. The number of alkyl halides is 2. The first kappa shape index (κ1) is 17.7. The second kappa shape index (κ2) is 6.67. The van der Waals surface area contributed by atoms with Crippen LogP contribution in [0, 0.1) is 11.3 Å². The topological polar surface area (TPSA) is 94.0 Å². The number of pyridine rings is 1. The van der Waals surface area contributed by atoms with Gasteiger partial charge in [0.15, 0.2) is 5.78 Å². The lowest BCUT2D eigenvalue weighted by Gasteiger charge is -2.18. The van der Waals surface area contributed by atoms with Gasteiger partial charge >= 0.3 is 0 Å². The first-order valence-corrected chi connectivity index (χ1v) is 8.02. The van der Waals surface area contributed by atoms with Crippen LogP contribution in [0.25, 0.3) is 10.9 Å². The summed E-state index contributed by atoms with van der Waals surface area (Å²) in [5.41, 5.74) is 0.693. The predicted molar refractivity (Wildman–Crippen MR) is 88.8 cm³/mol. The average Bonchev–Trinajstić information content (AvgIpc) is 2.93. The highest BCUT2D eigenvalue weighted by molar-refractivity contribution is 6.00. The number of amides is 1. The monoisotopic (exact) mass is 359 g/mol. The van der Waals surface area contributed by atoms with E-state index in [9.17, 15) is 23.2 Å². The molecule has 134 valence electrons. The van der Waals surface area contributed by atoms with Crippen molar-refractivity contribution in [3.05, 3.63) is 46.2 Å². The number of hydrogen-bond donors (Lipinski definition) is 1. The van der Waals surface area contributed by atoms with Crippen molar-refractivity contribution in [1.82, 2.24) is 9.88 Å². The first-order valence-electron chi connectivity index (χ1n) is 8.02. The molecule has 3 rings (SSSR count). The molecule has 6 nitrogen and oxygen atoms in total. The van der Waals surface area contributed by atoms with Crippen LogP contribution >= 0.6 is 0 Å². The molecule has 0 unspecified atom stereocenters. The van der Waals surface area contributed by atoms with Gasteiger partial charge in [-0.25, -0.2) is 8.78 Å². The van der Waals surface area contributed by atoms with Gasteiger partial charge in [0.2, 0.25) is 11.5 Å². The molecule has 1 amide bonds. The minimum absolute atomic E-state index is 0.145. The predicted octanol–water partition coefficient (Wildman–Crippen LogP) is 2.25. The van der Waals surface area contributed by atoms with E-state index in [-0.39, 0.29) is 24.2 Å². The van der Waals surface area contributed by atoms with Crippen molar-refractivity contribution in [2.45, 2.75) is 31.2 Å². The van der Waals surface area contributed by atoms with Crippen molar-refractivity contribution in [1.29, 1.82) is 5.26 Å². The standard InChI is InChI=1S/C18H15F2N3O3/c19-18(20)8-13(9-21)23(10-18)17(26)6-4-15(24)12-1-3-14-11(7-12)2-5-16(25)22-14/h1-3,5,7,13H,4,6,8,10H2,(H,22,25)/t13-/m0/s1. The van der Waals surface area contributed by atoms with Crippen LogP contribution in [0.4, 0.5) is 8.78 Å². The Morgan fingerprint density at radius 1 is 1.27 bits per heavy atom. The molecular weight excluding hydrogens is 344 g/mol. The molecule has 0 spiro atoms. The lowest BCUT2D eigenvalue weighted by atomic mass is 10.0. The number of halogens is 2. The molecule has 1 saturated heterocycles. The number of nitriles is 1. The molecule has 2 heterocycles. The van der Waals surface area contributed by atoms with Gasteiger partial charge in [0.1, 0.15) is 6.04 Å². The molecule has 2 aromatic rings. The summed E-state index contributed by atoms with van der Waals surface area (Å²) in [6.45, 7) is -0.790. The van der Waals surface area contributed by atoms with Crippen molar-refractivity contribution >= 4 is 22.6 Å². The number of carbonyl (C=O) groups is 2. The van der Waals surface area contributed by atoms with Gasteiger partial charge in [0, 0.05) is 36.4 Å². The number of ketones is 1. The highest BCUT2D eigenvalue weighted by Gasteiger charge is 2.47. The molecule has 0 radical (unpaired) electrons. The van der Waals surface area contributed by atoms with E-state index in [1.807, 2.05) is 0 Å². The van der Waals surface area contributed by atoms with Crippen LogP contribution in [0.1, 0.15) is 29.6 Å². The van der Waals surface area contributed by atoms with Gasteiger partial charge in [0.25, 0.3) is 5.92 Å². The molecule has 0 bridgehead atoms. The number of nitrogens with zero attached hydrogens (tertiary/aromatic N) is 2. The van der Waals surface area contributed by atoms with Crippen molar-refractivity contribution < 1.29 is 18.4 Å². The van der Waals surface area contributed by atoms with E-state index < -0.39 is 30.8 Å². The summed E-state index contributed by atoms with van der Waals surface area (Å²) in [5.74, 6) is -4.02. The highest BCUT2D eigenvalue weighted by atomic mass is 19.3. The first-order chi connectivity index (χ1) is 12.3. The van der Waals surface area contributed by atoms with Gasteiger partial charge in [-0.05, 0) is 29.7 Å². The van der Waals surface area contributed by atoms with Gasteiger partial charge in [-0.1, -0.05) is 0 Å². The fourth-order valence-electron chi connectivity index (χ4n) is 3.03. The number of aromatic nitrogens is 1. The smallest absolute Gasteiger partial charge is 0.268 e. The number of benzene rings is 1. The average molecular weight is 359 g/mol. The number of hydrogen-bond acceptors (Lipinski definition) is 4. The molecule has 1 N–H and O–H groups in total. The summed E-state index contributed by atoms with van der Waals surface area (Å²) in [4.78, 5) is 39.2. The van der Waals surface area contributed by atoms with E-state index >= 15 is 0 Å². The Kier molecular flexibility index (Phi) is 4.55. The zero-order valence-electron chi connectivity index (χ0n) is 13.7. The molecule has 1 aliphatic rings. The number of carbonyl (C=O) groups excluding carboxylic acids is 2. The Bertz CT molecular complexity index is 978. The van der Waals surface area contributed by atoms with Crippen LogP contribution in [0.5, 0.6) is 0 Å². The Hall–Kier alpha value is -3.08. The summed E-state index contributed by atoms with van der Waals surface area (Å²) >= 11 is 0. The highest BCUT2D eigenvalue weighted by Crippen LogP contribution is 2.32. The molecule has 1 fully saturated rings. The Labute approximate surface area is 147 Å². The van der Waals surface area contributed by atoms with Gasteiger partial charge in [-0.3, -0.25) is 14.4 Å². The fraction of sp³-hybridized carbons (Fsp3) is 0.333. The zero-order chi connectivity index (χ0) is 18.9. The lowest BCUT2D eigenvalue weighted by Crippen LogP contribution is -2.36. The van der Waals surface area contributed by atoms with E-state index in [1.165, 1.54) is 12.1 Å². The molecular formula is C18H15F2N3O3. The number of aromatic amines is 1. The number of rotatable bonds is 4. The van der Waals surface area contributed by atoms with Crippen LogP contribution in [0.15, 0.2) is 35.1 Å². The number of H-pyrrole nitrogens is 1. The van der Waals surface area contributed by atoms with Crippen molar-refractivity contribution in [3.8, 4) is 6.07 Å². The molecule has 1 aliphatic heterocycles. The lowest BCUT2D eigenvalue weighted by molar-refractivity contribution is -0.132. The molecule has 1 aromatic heterocycles. The van der Waals surface area contributed by atoms with E-state index in [0.717, 1.165) is 4.90 Å². The summed E-state index contributed by atoms with van der Waals surface area (Å²) in [5, 5.41) is 9.60. The van der Waals surface area contributed by atoms with Gasteiger partial charge < -0.3 is 9.88 Å². The van der Waals surface area contributed by atoms with E-state index in [2.05, 4.69) is 4.98 Å². The van der Waals surface area contributed by atoms with Crippen LogP contribution < -0.4 is 5.56 Å². The quantitative estimate of drug-likeness (QED) is 0.847. The van der Waals surface area contributed by atoms with Gasteiger partial charge in [-0.15, -0.1) is 0 Å². The normalized spacial score (nSPS) is 18.7. The maximum absolute atomic E-state index is 13.4. The molecule has 0 aliphatic carbocycles. The second-order valence-corrected chi connectivity index (χ2v) is 6.27. The Balaban J connectivity index is 1.67. The number of Topliss-reactive ketones (excluding diaryl/α,β-unsaturated/α-hetero) is 1. The third kappa shape index (κ3) is 3.61. The Morgan fingerprint density at radius 2 is 2.04 bits per heavy atom. The summed E-state index contributed by atoms with van der Waals surface area (Å²) in [6, 6.07) is 8.20. The summed E-state index contributed by atoms with van der Waals surface area (Å²) < 4.78 is 26.8. The Morgan fingerprint density at radius 3 is 2.77 bits per heavy atom. The van der Waals surface area contributed by atoms with Crippen molar-refractivity contribution in [3.63, 3.8) is 0 Å². The second-order valence-electron chi connectivity index (χ2n) is 6.27. The number of nitrogens with one attached hydrogen (secondary N) is 1. The number of likely N-dealkylation sites (tertiary alicyclic amines) is 1. The molecule has 8 heteroatoms. The van der Waals surface area contributed by atoms with E-state index in [1.54, 1.807) is 24.3 Å². The number of fused-ring (bicyclic) bond motifs is 1. The van der Waals surface area contributed by atoms with Crippen LogP contribution in [0.2, 0.25) is 0 Å². The zero-order valence-corrected chi connectivity index (χ0v) is 13.7. The minimum atomic E-state index is -3.07. The van der Waals surface area contributed by atoms with Gasteiger partial charge in [0.05, 0.1) is 12.6 Å². The molecule has 1 aromatic carbocycles. The summed E-state index contributed by atoms with van der Waals surface area (Å²) in [6.07, 6.45) is -1.06.